The molecule has 2 N–H and O–H groups in total. The third-order valence-corrected chi connectivity index (χ3v) is 5.82. The summed E-state index contributed by atoms with van der Waals surface area (Å²) in [5.41, 5.74) is 0.982. The number of rotatable bonds is 7. The van der Waals surface area contributed by atoms with Gasteiger partial charge in [0.1, 0.15) is 12.4 Å². The van der Waals surface area contributed by atoms with Gasteiger partial charge in [-0.3, -0.25) is 5.41 Å². The molecule has 1 amide bonds. The number of hydrogen-bond acceptors (Lipinski definition) is 5. The molecular formula is C23H33N5O2. The fourth-order valence-electron chi connectivity index (χ4n) is 3.86. The first-order valence-corrected chi connectivity index (χ1v) is 10.7. The van der Waals surface area contributed by atoms with Crippen molar-refractivity contribution in [3.63, 3.8) is 0 Å². The van der Waals surface area contributed by atoms with Crippen molar-refractivity contribution in [3.8, 4) is 0 Å². The van der Waals surface area contributed by atoms with Gasteiger partial charge in [-0.15, -0.1) is 0 Å². The molecule has 1 aromatic carbocycles. The summed E-state index contributed by atoms with van der Waals surface area (Å²) in [6, 6.07) is 9.83. The Bertz CT molecular complexity index is 750. The van der Waals surface area contributed by atoms with Crippen LogP contribution < -0.4 is 5.32 Å². The van der Waals surface area contributed by atoms with Crippen LogP contribution in [0.5, 0.6) is 0 Å². The molecule has 0 bridgehead atoms. The molecule has 0 radical (unpaired) electrons. The number of carbonyl (C=O) groups excluding carboxylic acids is 1. The predicted molar refractivity (Wildman–Crippen MR) is 119 cm³/mol. The highest BCUT2D eigenvalue weighted by Gasteiger charge is 2.26. The van der Waals surface area contributed by atoms with E-state index in [-0.39, 0.29) is 18.7 Å². The summed E-state index contributed by atoms with van der Waals surface area (Å²) < 4.78 is 5.43. The van der Waals surface area contributed by atoms with Crippen LogP contribution in [0.25, 0.3) is 0 Å². The molecule has 1 aromatic rings. The van der Waals surface area contributed by atoms with E-state index in [2.05, 4.69) is 16.8 Å². The van der Waals surface area contributed by atoms with Gasteiger partial charge in [0.05, 0.1) is 5.82 Å². The van der Waals surface area contributed by atoms with Gasteiger partial charge in [0.2, 0.25) is 0 Å². The van der Waals surface area contributed by atoms with Gasteiger partial charge in [-0.2, -0.15) is 0 Å². The molecule has 0 saturated carbocycles. The molecule has 162 valence electrons. The van der Waals surface area contributed by atoms with Gasteiger partial charge in [-0.25, -0.2) is 4.79 Å². The van der Waals surface area contributed by atoms with Gasteiger partial charge in [0.25, 0.3) is 0 Å². The Morgan fingerprint density at radius 2 is 1.87 bits per heavy atom. The van der Waals surface area contributed by atoms with Crippen LogP contribution in [0.4, 0.5) is 4.79 Å². The summed E-state index contributed by atoms with van der Waals surface area (Å²) in [5, 5.41) is 11.5. The Balaban J connectivity index is 1.37. The molecule has 2 saturated heterocycles. The lowest BCUT2D eigenvalue weighted by Gasteiger charge is -2.36. The van der Waals surface area contributed by atoms with Crippen molar-refractivity contribution in [2.24, 2.45) is 0 Å². The normalized spacial score (nSPS) is 17.2. The van der Waals surface area contributed by atoms with Crippen molar-refractivity contribution >= 4 is 11.9 Å². The monoisotopic (exact) mass is 411 g/mol. The zero-order chi connectivity index (χ0) is 21.3. The highest BCUT2D eigenvalue weighted by atomic mass is 16.6. The lowest BCUT2D eigenvalue weighted by atomic mass is 10.0. The maximum absolute atomic E-state index is 12.4. The van der Waals surface area contributed by atoms with Crippen LogP contribution in [-0.4, -0.2) is 65.9 Å². The topological polar surface area (TPSA) is 71.9 Å². The second kappa shape index (κ2) is 10.7. The third kappa shape index (κ3) is 6.02. The SMILES string of the molecule is C=C(NC=CC(=N)N1CCC(N(C)C(=O)OCc2ccccc2)CC1)N1CCCC1. The Hall–Kier alpha value is -2.96. The fraction of sp³-hybridized carbons (Fsp3) is 0.478. The molecule has 0 unspecified atom stereocenters. The van der Waals surface area contributed by atoms with Crippen LogP contribution in [0.3, 0.4) is 0 Å². The fourth-order valence-corrected chi connectivity index (χ4v) is 3.86. The van der Waals surface area contributed by atoms with E-state index < -0.39 is 0 Å². The van der Waals surface area contributed by atoms with E-state index in [0.717, 1.165) is 50.4 Å². The number of benzene rings is 1. The maximum Gasteiger partial charge on any atom is 0.410 e. The first-order valence-electron chi connectivity index (χ1n) is 10.7. The zero-order valence-corrected chi connectivity index (χ0v) is 17.8. The lowest BCUT2D eigenvalue weighted by Crippen LogP contribution is -2.47. The van der Waals surface area contributed by atoms with Crippen molar-refractivity contribution in [2.45, 2.75) is 38.3 Å². The molecule has 7 nitrogen and oxygen atoms in total. The zero-order valence-electron chi connectivity index (χ0n) is 17.8. The molecule has 2 heterocycles. The first kappa shape index (κ1) is 21.7. The van der Waals surface area contributed by atoms with E-state index in [9.17, 15) is 4.79 Å². The van der Waals surface area contributed by atoms with E-state index in [1.807, 2.05) is 35.2 Å². The van der Waals surface area contributed by atoms with Crippen LogP contribution in [-0.2, 0) is 11.3 Å². The molecule has 0 aliphatic carbocycles. The summed E-state index contributed by atoms with van der Waals surface area (Å²) in [6.07, 6.45) is 7.34. The molecule has 30 heavy (non-hydrogen) atoms. The average molecular weight is 412 g/mol. The summed E-state index contributed by atoms with van der Waals surface area (Å²) in [4.78, 5) is 18.3. The van der Waals surface area contributed by atoms with E-state index in [0.29, 0.717) is 5.84 Å². The molecule has 7 heteroatoms. The number of ether oxygens (including phenoxy) is 1. The summed E-state index contributed by atoms with van der Waals surface area (Å²) >= 11 is 0. The third-order valence-electron chi connectivity index (χ3n) is 5.82. The molecule has 0 aromatic heterocycles. The Kier molecular flexibility index (Phi) is 7.76. The van der Waals surface area contributed by atoms with Crippen LogP contribution in [0.1, 0.15) is 31.2 Å². The lowest BCUT2D eigenvalue weighted by molar-refractivity contribution is 0.0795. The Morgan fingerprint density at radius 3 is 2.53 bits per heavy atom. The maximum atomic E-state index is 12.4. The first-order chi connectivity index (χ1) is 14.5. The van der Waals surface area contributed by atoms with E-state index >= 15 is 0 Å². The van der Waals surface area contributed by atoms with Gasteiger partial charge < -0.3 is 24.8 Å². The molecule has 2 aliphatic rings. The second-order valence-electron chi connectivity index (χ2n) is 7.87. The number of amidine groups is 1. The highest BCUT2D eigenvalue weighted by molar-refractivity contribution is 5.90. The smallest absolute Gasteiger partial charge is 0.410 e. The largest absolute Gasteiger partial charge is 0.445 e. The number of hydrogen-bond donors (Lipinski definition) is 2. The van der Waals surface area contributed by atoms with Gasteiger partial charge >= 0.3 is 6.09 Å². The summed E-state index contributed by atoms with van der Waals surface area (Å²) in [5.74, 6) is 1.37. The van der Waals surface area contributed by atoms with Crippen LogP contribution >= 0.6 is 0 Å². The number of nitrogens with one attached hydrogen (secondary N) is 2. The molecule has 2 fully saturated rings. The standard InChI is InChI=1S/C23H33N5O2/c1-19(27-14-6-7-15-27)25-13-10-22(24)28-16-11-21(12-17-28)26(2)23(29)30-18-20-8-4-3-5-9-20/h3-5,8-10,13,21,24-25H,1,6-7,11-12,14-18H2,2H3. The minimum atomic E-state index is -0.295. The van der Waals surface area contributed by atoms with E-state index in [4.69, 9.17) is 10.1 Å². The van der Waals surface area contributed by atoms with Gasteiger partial charge in [-0.1, -0.05) is 36.9 Å². The molecule has 2 aliphatic heterocycles. The second-order valence-corrected chi connectivity index (χ2v) is 7.87. The predicted octanol–water partition coefficient (Wildman–Crippen LogP) is 3.37. The molecular weight excluding hydrogens is 378 g/mol. The Labute approximate surface area is 179 Å². The van der Waals surface area contributed by atoms with Crippen molar-refractivity contribution in [2.75, 3.05) is 33.2 Å². The van der Waals surface area contributed by atoms with Crippen molar-refractivity contribution in [1.29, 1.82) is 5.41 Å². The number of carbonyl (C=O) groups is 1. The highest BCUT2D eigenvalue weighted by Crippen LogP contribution is 2.17. The number of nitrogens with zero attached hydrogens (tertiary/aromatic N) is 3. The van der Waals surface area contributed by atoms with Gasteiger partial charge in [0, 0.05) is 45.5 Å². The van der Waals surface area contributed by atoms with Crippen LogP contribution in [0.2, 0.25) is 0 Å². The van der Waals surface area contributed by atoms with Gasteiger partial charge in [-0.05, 0) is 37.3 Å². The minimum absolute atomic E-state index is 0.134. The number of amides is 1. The molecule has 0 atom stereocenters. The quantitative estimate of drug-likeness (QED) is 0.532. The van der Waals surface area contributed by atoms with E-state index in [1.165, 1.54) is 12.8 Å². The van der Waals surface area contributed by atoms with Crippen LogP contribution in [0.15, 0.2) is 55.0 Å². The van der Waals surface area contributed by atoms with Gasteiger partial charge in [0.15, 0.2) is 0 Å². The van der Waals surface area contributed by atoms with E-state index in [1.54, 1.807) is 24.2 Å². The van der Waals surface area contributed by atoms with Crippen molar-refractivity contribution < 1.29 is 9.53 Å². The molecule has 3 rings (SSSR count). The van der Waals surface area contributed by atoms with Crippen molar-refractivity contribution in [1.82, 2.24) is 20.0 Å². The van der Waals surface area contributed by atoms with Crippen LogP contribution in [0, 0.1) is 5.41 Å². The minimum Gasteiger partial charge on any atom is -0.445 e. The number of piperidine rings is 1. The summed E-state index contributed by atoms with van der Waals surface area (Å²) in [7, 11) is 1.80. The summed E-state index contributed by atoms with van der Waals surface area (Å²) in [6.45, 7) is 7.93. The Morgan fingerprint density at radius 1 is 1.20 bits per heavy atom. The molecule has 0 spiro atoms. The number of likely N-dealkylation sites (tertiary alicyclic amines) is 2. The van der Waals surface area contributed by atoms with Crippen molar-refractivity contribution in [3.05, 3.63) is 60.6 Å². The average Bonchev–Trinajstić information content (AvgIpc) is 3.33.